The van der Waals surface area contributed by atoms with Crippen LogP contribution in [0.5, 0.6) is 0 Å². The number of Topliss-reactive ketones (excluding diaryl/α,β-unsaturated/α-hetero) is 1. The fourth-order valence-electron chi connectivity index (χ4n) is 2.79. The van der Waals surface area contributed by atoms with Crippen LogP contribution in [0.1, 0.15) is 17.0 Å². The van der Waals surface area contributed by atoms with Crippen molar-refractivity contribution in [3.63, 3.8) is 0 Å². The van der Waals surface area contributed by atoms with Crippen LogP contribution in [0.15, 0.2) is 48.5 Å². The predicted octanol–water partition coefficient (Wildman–Crippen LogP) is 2.43. The lowest BCUT2D eigenvalue weighted by molar-refractivity contribution is -0.148. The first-order valence-corrected chi connectivity index (χ1v) is 7.85. The third-order valence-electron chi connectivity index (χ3n) is 3.96. The van der Waals surface area contributed by atoms with Crippen LogP contribution in [0, 0.1) is 0 Å². The van der Waals surface area contributed by atoms with E-state index in [1.807, 2.05) is 36.4 Å². The van der Waals surface area contributed by atoms with E-state index < -0.39 is 11.8 Å². The summed E-state index contributed by atoms with van der Waals surface area (Å²) in [4.78, 5) is 26.8. The summed E-state index contributed by atoms with van der Waals surface area (Å²) in [6, 6.07) is 16.0. The lowest BCUT2D eigenvalue weighted by atomic mass is 10.0. The molecule has 0 atom stereocenters. The molecule has 6 nitrogen and oxygen atoms in total. The van der Waals surface area contributed by atoms with Crippen LogP contribution in [-0.4, -0.2) is 33.5 Å². The summed E-state index contributed by atoms with van der Waals surface area (Å²) in [7, 11) is 1.54. The van der Waals surface area contributed by atoms with Gasteiger partial charge in [0.2, 0.25) is 5.78 Å². The number of carboxylic acids is 1. The molecule has 0 amide bonds. The molecule has 1 heterocycles. The van der Waals surface area contributed by atoms with Crippen molar-refractivity contribution in [3.8, 4) is 0 Å². The molecule has 0 saturated heterocycles. The smallest absolute Gasteiger partial charge is 0.372 e. The molecule has 0 unspecified atom stereocenters. The van der Waals surface area contributed by atoms with E-state index in [1.165, 1.54) is 5.56 Å². The van der Waals surface area contributed by atoms with Crippen LogP contribution in [0.2, 0.25) is 0 Å². The predicted molar refractivity (Wildman–Crippen MR) is 92.3 cm³/mol. The summed E-state index contributed by atoms with van der Waals surface area (Å²) < 4.78 is 6.89. The zero-order chi connectivity index (χ0) is 17.8. The third-order valence-corrected chi connectivity index (χ3v) is 3.96. The molecule has 0 fully saturated rings. The number of methoxy groups -OCH3 is 1. The number of nitrogens with zero attached hydrogens (tertiary/aromatic N) is 2. The van der Waals surface area contributed by atoms with Gasteiger partial charge in [0.05, 0.1) is 17.5 Å². The lowest BCUT2D eigenvalue weighted by Gasteiger charge is -2.07. The van der Waals surface area contributed by atoms with Crippen LogP contribution >= 0.6 is 0 Å². The second-order valence-electron chi connectivity index (χ2n) is 5.76. The highest BCUT2D eigenvalue weighted by atomic mass is 16.5. The normalized spacial score (nSPS) is 10.9. The van der Waals surface area contributed by atoms with Gasteiger partial charge in [-0.2, -0.15) is 0 Å². The van der Waals surface area contributed by atoms with Gasteiger partial charge in [0.25, 0.3) is 0 Å². The molecule has 0 spiro atoms. The van der Waals surface area contributed by atoms with E-state index in [0.717, 1.165) is 23.0 Å². The minimum Gasteiger partial charge on any atom is -0.475 e. The van der Waals surface area contributed by atoms with Crippen LogP contribution in [0.3, 0.4) is 0 Å². The second kappa shape index (κ2) is 7.27. The van der Waals surface area contributed by atoms with Gasteiger partial charge in [-0.3, -0.25) is 4.79 Å². The number of benzene rings is 2. The Kier molecular flexibility index (Phi) is 4.90. The Morgan fingerprint density at radius 1 is 1.12 bits per heavy atom. The Balaban J connectivity index is 1.96. The van der Waals surface area contributed by atoms with Gasteiger partial charge in [-0.25, -0.2) is 9.78 Å². The maximum atomic E-state index is 11.6. The van der Waals surface area contributed by atoms with E-state index in [0.29, 0.717) is 5.82 Å². The van der Waals surface area contributed by atoms with Crippen molar-refractivity contribution in [1.29, 1.82) is 0 Å². The van der Waals surface area contributed by atoms with Gasteiger partial charge in [0.15, 0.2) is 0 Å². The zero-order valence-electron chi connectivity index (χ0n) is 13.8. The Hall–Kier alpha value is -2.99. The van der Waals surface area contributed by atoms with E-state index in [1.54, 1.807) is 11.7 Å². The molecule has 6 heteroatoms. The number of aliphatic carboxylic acids is 1. The van der Waals surface area contributed by atoms with Crippen LogP contribution < -0.4 is 0 Å². The van der Waals surface area contributed by atoms with Crippen molar-refractivity contribution < 1.29 is 19.4 Å². The highest BCUT2D eigenvalue weighted by molar-refractivity contribution is 6.33. The Labute approximate surface area is 144 Å². The Bertz CT molecular complexity index is 916. The number of carboxylic acid groups (broad SMARTS) is 1. The summed E-state index contributed by atoms with van der Waals surface area (Å²) in [5.41, 5.74) is 3.82. The van der Waals surface area contributed by atoms with Crippen molar-refractivity contribution in [3.05, 3.63) is 65.5 Å². The van der Waals surface area contributed by atoms with Gasteiger partial charge >= 0.3 is 5.97 Å². The number of ether oxygens (including phenoxy) is 1. The molecule has 25 heavy (non-hydrogen) atoms. The van der Waals surface area contributed by atoms with E-state index in [4.69, 9.17) is 9.84 Å². The van der Waals surface area contributed by atoms with E-state index >= 15 is 0 Å². The SMILES string of the molecule is COCn1c(CC(=O)C(=O)O)nc2cc(Cc3ccccc3)ccc21. The number of aromatic nitrogens is 2. The first-order valence-electron chi connectivity index (χ1n) is 7.85. The molecule has 0 aliphatic heterocycles. The Morgan fingerprint density at radius 3 is 2.56 bits per heavy atom. The Morgan fingerprint density at radius 2 is 1.88 bits per heavy atom. The standard InChI is InChI=1S/C19H18N2O4/c1-25-12-21-16-8-7-14(9-13-5-3-2-4-6-13)10-15(16)20-18(21)11-17(22)19(23)24/h2-8,10H,9,11-12H2,1H3,(H,23,24). The average molecular weight is 338 g/mol. The van der Waals surface area contributed by atoms with Gasteiger partial charge in [-0.1, -0.05) is 36.4 Å². The number of fused-ring (bicyclic) bond motifs is 1. The number of ketones is 1. The largest absolute Gasteiger partial charge is 0.475 e. The van der Waals surface area contributed by atoms with Crippen molar-refractivity contribution >= 4 is 22.8 Å². The summed E-state index contributed by atoms with van der Waals surface area (Å²) in [6.07, 6.45) is 0.513. The van der Waals surface area contributed by atoms with E-state index in [2.05, 4.69) is 17.1 Å². The van der Waals surface area contributed by atoms with Gasteiger partial charge < -0.3 is 14.4 Å². The molecule has 1 N–H and O–H groups in total. The summed E-state index contributed by atoms with van der Waals surface area (Å²) in [5, 5.41) is 8.83. The highest BCUT2D eigenvalue weighted by Crippen LogP contribution is 2.20. The number of carbonyl (C=O) groups is 2. The summed E-state index contributed by atoms with van der Waals surface area (Å²) in [5.74, 6) is -1.96. The van der Waals surface area contributed by atoms with Crippen LogP contribution in [-0.2, 0) is 33.9 Å². The number of imidazole rings is 1. The van der Waals surface area contributed by atoms with Crippen molar-refractivity contribution in [1.82, 2.24) is 9.55 Å². The molecule has 2 aromatic carbocycles. The molecule has 0 radical (unpaired) electrons. The topological polar surface area (TPSA) is 81.4 Å². The maximum absolute atomic E-state index is 11.6. The van der Waals surface area contributed by atoms with Gasteiger partial charge in [0.1, 0.15) is 12.6 Å². The molecule has 0 bridgehead atoms. The quantitative estimate of drug-likeness (QED) is 0.669. The minimum atomic E-state index is -1.46. The summed E-state index contributed by atoms with van der Waals surface area (Å²) >= 11 is 0. The van der Waals surface area contributed by atoms with Crippen molar-refractivity contribution in [2.24, 2.45) is 0 Å². The molecule has 3 aromatic rings. The molecular weight excluding hydrogens is 320 g/mol. The molecular formula is C19H18N2O4. The molecule has 0 aliphatic carbocycles. The van der Waals surface area contributed by atoms with E-state index in [-0.39, 0.29) is 13.2 Å². The highest BCUT2D eigenvalue weighted by Gasteiger charge is 2.18. The monoisotopic (exact) mass is 338 g/mol. The zero-order valence-corrected chi connectivity index (χ0v) is 13.8. The molecule has 0 aliphatic rings. The fraction of sp³-hybridized carbons (Fsp3) is 0.211. The first-order chi connectivity index (χ1) is 12.1. The number of hydrogen-bond acceptors (Lipinski definition) is 4. The number of hydrogen-bond donors (Lipinski definition) is 1. The molecule has 1 aromatic heterocycles. The first kappa shape index (κ1) is 16.9. The van der Waals surface area contributed by atoms with Crippen LogP contribution in [0.25, 0.3) is 11.0 Å². The van der Waals surface area contributed by atoms with E-state index in [9.17, 15) is 9.59 Å². The number of rotatable bonds is 7. The van der Waals surface area contributed by atoms with Crippen LogP contribution in [0.4, 0.5) is 0 Å². The molecule has 128 valence electrons. The average Bonchev–Trinajstić information content (AvgIpc) is 2.93. The maximum Gasteiger partial charge on any atom is 0.372 e. The minimum absolute atomic E-state index is 0.205. The van der Waals surface area contributed by atoms with Gasteiger partial charge in [0, 0.05) is 7.11 Å². The van der Waals surface area contributed by atoms with Crippen molar-refractivity contribution in [2.75, 3.05) is 7.11 Å². The molecule has 0 saturated carbocycles. The number of carbonyl (C=O) groups excluding carboxylic acids is 1. The fourth-order valence-corrected chi connectivity index (χ4v) is 2.79. The van der Waals surface area contributed by atoms with Crippen molar-refractivity contribution in [2.45, 2.75) is 19.6 Å². The van der Waals surface area contributed by atoms with Gasteiger partial charge in [-0.15, -0.1) is 0 Å². The molecule has 3 rings (SSSR count). The second-order valence-corrected chi connectivity index (χ2v) is 5.76. The lowest BCUT2D eigenvalue weighted by Crippen LogP contribution is -2.18. The van der Waals surface area contributed by atoms with Gasteiger partial charge in [-0.05, 0) is 29.7 Å². The summed E-state index contributed by atoms with van der Waals surface area (Å²) in [6.45, 7) is 0.205. The third kappa shape index (κ3) is 3.75.